The van der Waals surface area contributed by atoms with Crippen LogP contribution in [0.3, 0.4) is 0 Å². The molecule has 20 heavy (non-hydrogen) atoms. The summed E-state index contributed by atoms with van der Waals surface area (Å²) >= 11 is 0. The van der Waals surface area contributed by atoms with Crippen molar-refractivity contribution >= 4 is 17.5 Å². The summed E-state index contributed by atoms with van der Waals surface area (Å²) in [6.07, 6.45) is 0. The zero-order valence-corrected chi connectivity index (χ0v) is 12.0. The fourth-order valence-corrected chi connectivity index (χ4v) is 1.47. The number of anilines is 1. The molecule has 110 valence electrons. The summed E-state index contributed by atoms with van der Waals surface area (Å²) in [5, 5.41) is 2.80. The number of amides is 2. The molecule has 0 bridgehead atoms. The van der Waals surface area contributed by atoms with Crippen molar-refractivity contribution in [3.8, 4) is 5.75 Å². The second kappa shape index (κ2) is 6.79. The van der Waals surface area contributed by atoms with Crippen molar-refractivity contribution < 1.29 is 14.3 Å². The van der Waals surface area contributed by atoms with Crippen molar-refractivity contribution in [2.75, 3.05) is 12.3 Å². The zero-order chi connectivity index (χ0) is 15.3. The number of hydrogen-bond donors (Lipinski definition) is 3. The lowest BCUT2D eigenvalue weighted by molar-refractivity contribution is -0.124. The minimum absolute atomic E-state index is 0.0440. The molecule has 0 saturated carbocycles. The van der Waals surface area contributed by atoms with Gasteiger partial charge in [0.25, 0.3) is 11.8 Å². The first-order valence-electron chi connectivity index (χ1n) is 6.42. The van der Waals surface area contributed by atoms with Gasteiger partial charge in [0.05, 0.1) is 5.56 Å². The standard InChI is InChI=1S/C14H21N3O3/c1-8(2)9(3)17-13(18)7-20-12-6-10(15)4-5-11(12)14(16)19/h4-6,8-9H,7,15H2,1-3H3,(H2,16,19)(H,17,18). The predicted molar refractivity (Wildman–Crippen MR) is 77.3 cm³/mol. The Kier molecular flexibility index (Phi) is 5.37. The maximum atomic E-state index is 11.7. The smallest absolute Gasteiger partial charge is 0.258 e. The van der Waals surface area contributed by atoms with Gasteiger partial charge in [-0.15, -0.1) is 0 Å². The van der Waals surface area contributed by atoms with E-state index in [0.717, 1.165) is 0 Å². The second-order valence-corrected chi connectivity index (χ2v) is 5.01. The van der Waals surface area contributed by atoms with Crippen molar-refractivity contribution in [2.45, 2.75) is 26.8 Å². The first-order chi connectivity index (χ1) is 9.31. The first-order valence-corrected chi connectivity index (χ1v) is 6.42. The molecular formula is C14H21N3O3. The number of ether oxygens (including phenoxy) is 1. The van der Waals surface area contributed by atoms with E-state index in [2.05, 4.69) is 5.32 Å². The summed E-state index contributed by atoms with van der Waals surface area (Å²) in [5.41, 5.74) is 11.5. The van der Waals surface area contributed by atoms with Crippen LogP contribution in [-0.2, 0) is 4.79 Å². The van der Waals surface area contributed by atoms with E-state index in [-0.39, 0.29) is 29.9 Å². The summed E-state index contributed by atoms with van der Waals surface area (Å²) < 4.78 is 5.33. The van der Waals surface area contributed by atoms with Gasteiger partial charge in [-0.05, 0) is 25.0 Å². The Labute approximate surface area is 118 Å². The van der Waals surface area contributed by atoms with Crippen molar-refractivity contribution in [3.05, 3.63) is 23.8 Å². The summed E-state index contributed by atoms with van der Waals surface area (Å²) in [4.78, 5) is 23.0. The molecule has 0 aliphatic carbocycles. The van der Waals surface area contributed by atoms with Gasteiger partial charge in [0.15, 0.2) is 6.61 Å². The summed E-state index contributed by atoms with van der Waals surface area (Å²) in [6.45, 7) is 5.74. The van der Waals surface area contributed by atoms with Crippen LogP contribution in [0.25, 0.3) is 0 Å². The topological polar surface area (TPSA) is 107 Å². The lowest BCUT2D eigenvalue weighted by atomic mass is 10.1. The number of primary amides is 1. The normalized spacial score (nSPS) is 12.0. The van der Waals surface area contributed by atoms with Crippen molar-refractivity contribution in [1.29, 1.82) is 0 Å². The number of nitrogens with two attached hydrogens (primary N) is 2. The van der Waals surface area contributed by atoms with Crippen LogP contribution >= 0.6 is 0 Å². The molecule has 0 saturated heterocycles. The largest absolute Gasteiger partial charge is 0.483 e. The second-order valence-electron chi connectivity index (χ2n) is 5.01. The molecule has 1 unspecified atom stereocenters. The fourth-order valence-electron chi connectivity index (χ4n) is 1.47. The minimum Gasteiger partial charge on any atom is -0.483 e. The lowest BCUT2D eigenvalue weighted by Crippen LogP contribution is -2.39. The number of carbonyl (C=O) groups excluding carboxylic acids is 2. The molecule has 0 heterocycles. The van der Waals surface area contributed by atoms with Crippen LogP contribution in [-0.4, -0.2) is 24.5 Å². The molecule has 0 aromatic heterocycles. The Morgan fingerprint density at radius 1 is 1.30 bits per heavy atom. The average Bonchev–Trinajstić information content (AvgIpc) is 2.35. The van der Waals surface area contributed by atoms with Gasteiger partial charge in [0.2, 0.25) is 0 Å². The zero-order valence-electron chi connectivity index (χ0n) is 12.0. The quantitative estimate of drug-likeness (QED) is 0.672. The van der Waals surface area contributed by atoms with Gasteiger partial charge in [-0.1, -0.05) is 13.8 Å². The molecule has 0 aliphatic rings. The Balaban J connectivity index is 2.68. The average molecular weight is 279 g/mol. The highest BCUT2D eigenvalue weighted by molar-refractivity contribution is 5.96. The molecular weight excluding hydrogens is 258 g/mol. The van der Waals surface area contributed by atoms with E-state index in [9.17, 15) is 9.59 Å². The number of carbonyl (C=O) groups is 2. The Hall–Kier alpha value is -2.24. The molecule has 1 rings (SSSR count). The molecule has 2 amide bonds. The molecule has 0 aliphatic heterocycles. The van der Waals surface area contributed by atoms with E-state index in [1.807, 2.05) is 20.8 Å². The van der Waals surface area contributed by atoms with E-state index in [0.29, 0.717) is 11.6 Å². The van der Waals surface area contributed by atoms with Crippen molar-refractivity contribution in [3.63, 3.8) is 0 Å². The molecule has 6 nitrogen and oxygen atoms in total. The highest BCUT2D eigenvalue weighted by Gasteiger charge is 2.14. The van der Waals surface area contributed by atoms with Gasteiger partial charge in [-0.25, -0.2) is 0 Å². The molecule has 0 spiro atoms. The SMILES string of the molecule is CC(C)C(C)NC(=O)COc1cc(N)ccc1C(N)=O. The van der Waals surface area contributed by atoms with E-state index in [1.54, 1.807) is 6.07 Å². The molecule has 0 radical (unpaired) electrons. The van der Waals surface area contributed by atoms with Gasteiger partial charge >= 0.3 is 0 Å². The van der Waals surface area contributed by atoms with Crippen LogP contribution in [0.1, 0.15) is 31.1 Å². The number of nitrogen functional groups attached to an aromatic ring is 1. The molecule has 0 fully saturated rings. The van der Waals surface area contributed by atoms with E-state index in [4.69, 9.17) is 16.2 Å². The van der Waals surface area contributed by atoms with Crippen LogP contribution in [0.4, 0.5) is 5.69 Å². The molecule has 1 aromatic carbocycles. The van der Waals surface area contributed by atoms with Crippen molar-refractivity contribution in [2.24, 2.45) is 11.7 Å². The highest BCUT2D eigenvalue weighted by Crippen LogP contribution is 2.21. The Bertz CT molecular complexity index is 500. The Morgan fingerprint density at radius 3 is 2.50 bits per heavy atom. The third kappa shape index (κ3) is 4.46. The van der Waals surface area contributed by atoms with Crippen LogP contribution in [0.5, 0.6) is 5.75 Å². The van der Waals surface area contributed by atoms with Crippen molar-refractivity contribution in [1.82, 2.24) is 5.32 Å². The van der Waals surface area contributed by atoms with Crippen LogP contribution in [0.15, 0.2) is 18.2 Å². The third-order valence-electron chi connectivity index (χ3n) is 3.02. The number of benzene rings is 1. The maximum Gasteiger partial charge on any atom is 0.258 e. The molecule has 6 heteroatoms. The van der Waals surface area contributed by atoms with Gasteiger partial charge < -0.3 is 21.5 Å². The van der Waals surface area contributed by atoms with Crippen LogP contribution in [0, 0.1) is 5.92 Å². The molecule has 1 aromatic rings. The van der Waals surface area contributed by atoms with Gasteiger partial charge in [0, 0.05) is 17.8 Å². The summed E-state index contributed by atoms with van der Waals surface area (Å²) in [7, 11) is 0. The highest BCUT2D eigenvalue weighted by atomic mass is 16.5. The molecule has 5 N–H and O–H groups in total. The maximum absolute atomic E-state index is 11.7. The fraction of sp³-hybridized carbons (Fsp3) is 0.429. The van der Waals surface area contributed by atoms with Crippen LogP contribution in [0.2, 0.25) is 0 Å². The predicted octanol–water partition coefficient (Wildman–Crippen LogP) is 0.907. The number of nitrogens with one attached hydrogen (secondary N) is 1. The van der Waals surface area contributed by atoms with Crippen LogP contribution < -0.4 is 21.5 Å². The molecule has 1 atom stereocenters. The van der Waals surface area contributed by atoms with Gasteiger partial charge in [-0.3, -0.25) is 9.59 Å². The first kappa shape index (κ1) is 15.8. The summed E-state index contributed by atoms with van der Waals surface area (Å²) in [5.74, 6) is -0.350. The Morgan fingerprint density at radius 2 is 1.95 bits per heavy atom. The van der Waals surface area contributed by atoms with Gasteiger partial charge in [-0.2, -0.15) is 0 Å². The lowest BCUT2D eigenvalue weighted by Gasteiger charge is -2.18. The van der Waals surface area contributed by atoms with E-state index >= 15 is 0 Å². The summed E-state index contributed by atoms with van der Waals surface area (Å²) in [6, 6.07) is 4.54. The number of rotatable bonds is 6. The number of hydrogen-bond acceptors (Lipinski definition) is 4. The monoisotopic (exact) mass is 279 g/mol. The minimum atomic E-state index is -0.629. The van der Waals surface area contributed by atoms with Gasteiger partial charge in [0.1, 0.15) is 5.75 Å². The van der Waals surface area contributed by atoms with E-state index < -0.39 is 5.91 Å². The van der Waals surface area contributed by atoms with E-state index in [1.165, 1.54) is 12.1 Å². The third-order valence-corrected chi connectivity index (χ3v) is 3.02.